The highest BCUT2D eigenvalue weighted by atomic mass is 19.4. The van der Waals surface area contributed by atoms with Crippen molar-refractivity contribution in [2.75, 3.05) is 24.3 Å². The minimum absolute atomic E-state index is 0.273. The van der Waals surface area contributed by atoms with E-state index in [-0.39, 0.29) is 5.69 Å². The number of fused-ring (bicyclic) bond motifs is 1. The van der Waals surface area contributed by atoms with E-state index in [0.29, 0.717) is 5.69 Å². The Labute approximate surface area is 161 Å². The zero-order chi connectivity index (χ0) is 20.3. The molecule has 0 heterocycles. The zero-order valence-electron chi connectivity index (χ0n) is 15.4. The molecule has 0 bridgehead atoms. The highest BCUT2D eigenvalue weighted by Crippen LogP contribution is 2.37. The van der Waals surface area contributed by atoms with E-state index in [1.165, 1.54) is 18.2 Å². The lowest BCUT2D eigenvalue weighted by atomic mass is 10.0. The Morgan fingerprint density at radius 3 is 2.43 bits per heavy atom. The van der Waals surface area contributed by atoms with Gasteiger partial charge in [0.2, 0.25) is 5.91 Å². The van der Waals surface area contributed by atoms with Gasteiger partial charge in [-0.3, -0.25) is 4.79 Å². The molecule has 3 aromatic rings. The minimum atomic E-state index is -4.58. The van der Waals surface area contributed by atoms with Gasteiger partial charge in [-0.2, -0.15) is 13.2 Å². The molecule has 0 aliphatic heterocycles. The molecule has 0 aliphatic carbocycles. The number of rotatable bonds is 4. The Bertz CT molecular complexity index is 1030. The lowest BCUT2D eigenvalue weighted by molar-refractivity contribution is -0.136. The van der Waals surface area contributed by atoms with Crippen molar-refractivity contribution in [2.45, 2.75) is 6.18 Å². The fourth-order valence-electron chi connectivity index (χ4n) is 2.89. The van der Waals surface area contributed by atoms with Crippen molar-refractivity contribution in [1.29, 1.82) is 0 Å². The van der Waals surface area contributed by atoms with Gasteiger partial charge in [-0.25, -0.2) is 0 Å². The van der Waals surface area contributed by atoms with Crippen molar-refractivity contribution < 1.29 is 18.0 Å². The molecule has 1 amide bonds. The maximum absolute atomic E-state index is 13.4. The number of halogens is 3. The molecule has 1 N–H and O–H groups in total. The zero-order valence-corrected chi connectivity index (χ0v) is 15.4. The van der Waals surface area contributed by atoms with E-state index in [1.54, 1.807) is 25.1 Å². The average molecular weight is 384 g/mol. The topological polar surface area (TPSA) is 32.3 Å². The first-order chi connectivity index (χ1) is 13.3. The molecule has 0 radical (unpaired) electrons. The maximum atomic E-state index is 13.4. The first kappa shape index (κ1) is 19.5. The van der Waals surface area contributed by atoms with Crippen LogP contribution in [0.4, 0.5) is 24.5 Å². The van der Waals surface area contributed by atoms with Gasteiger partial charge >= 0.3 is 6.18 Å². The second-order valence-electron chi connectivity index (χ2n) is 6.51. The summed E-state index contributed by atoms with van der Waals surface area (Å²) in [5.74, 6) is -0.629. The monoisotopic (exact) mass is 384 g/mol. The van der Waals surface area contributed by atoms with Gasteiger partial charge in [0.1, 0.15) is 0 Å². The van der Waals surface area contributed by atoms with E-state index in [4.69, 9.17) is 0 Å². The van der Waals surface area contributed by atoms with Crippen LogP contribution in [-0.4, -0.2) is 20.0 Å². The number of amides is 1. The summed E-state index contributed by atoms with van der Waals surface area (Å²) in [4.78, 5) is 13.8. The number of hydrogen-bond acceptors (Lipinski definition) is 2. The summed E-state index contributed by atoms with van der Waals surface area (Å²) in [6.07, 6.45) is -1.74. The van der Waals surface area contributed by atoms with Gasteiger partial charge in [-0.1, -0.05) is 42.5 Å². The molecule has 0 spiro atoms. The van der Waals surface area contributed by atoms with Crippen molar-refractivity contribution in [3.05, 3.63) is 77.9 Å². The van der Waals surface area contributed by atoms with Gasteiger partial charge in [0.15, 0.2) is 0 Å². The highest BCUT2D eigenvalue weighted by molar-refractivity contribution is 6.04. The number of anilines is 2. The molecule has 144 valence electrons. The van der Waals surface area contributed by atoms with Crippen LogP contribution in [0.1, 0.15) is 11.1 Å². The molecule has 6 heteroatoms. The van der Waals surface area contributed by atoms with E-state index >= 15 is 0 Å². The summed E-state index contributed by atoms with van der Waals surface area (Å²) < 4.78 is 40.1. The Morgan fingerprint density at radius 2 is 1.71 bits per heavy atom. The maximum Gasteiger partial charge on any atom is 0.418 e. The van der Waals surface area contributed by atoms with Crippen LogP contribution >= 0.6 is 0 Å². The normalized spacial score (nSPS) is 11.8. The second-order valence-corrected chi connectivity index (χ2v) is 6.51. The molecule has 3 nitrogen and oxygen atoms in total. The molecule has 0 unspecified atom stereocenters. The Kier molecular flexibility index (Phi) is 5.40. The van der Waals surface area contributed by atoms with Crippen molar-refractivity contribution in [1.82, 2.24) is 0 Å². The quantitative estimate of drug-likeness (QED) is 0.596. The van der Waals surface area contributed by atoms with Crippen LogP contribution in [0.3, 0.4) is 0 Å². The SMILES string of the molecule is CN(C)c1ccc(NC(=O)/C=C/c2cccc3ccccc23)c(C(F)(F)F)c1. The number of carbonyl (C=O) groups excluding carboxylic acids is 1. The van der Waals surface area contributed by atoms with Gasteiger partial charge in [-0.05, 0) is 40.6 Å². The van der Waals surface area contributed by atoms with Crippen molar-refractivity contribution in [3.8, 4) is 0 Å². The van der Waals surface area contributed by atoms with Gasteiger partial charge in [0.05, 0.1) is 11.3 Å². The lowest BCUT2D eigenvalue weighted by Crippen LogP contribution is -2.16. The summed E-state index contributed by atoms with van der Waals surface area (Å²) in [5.41, 5.74) is 0.0557. The number of benzene rings is 3. The largest absolute Gasteiger partial charge is 0.418 e. The van der Waals surface area contributed by atoms with E-state index in [9.17, 15) is 18.0 Å². The first-order valence-corrected chi connectivity index (χ1v) is 8.61. The summed E-state index contributed by atoms with van der Waals surface area (Å²) in [6, 6.07) is 17.2. The Morgan fingerprint density at radius 1 is 1.00 bits per heavy atom. The lowest BCUT2D eigenvalue weighted by Gasteiger charge is -2.18. The summed E-state index contributed by atoms with van der Waals surface area (Å²) >= 11 is 0. The third-order valence-corrected chi connectivity index (χ3v) is 4.32. The molecule has 0 aliphatic rings. The van der Waals surface area contributed by atoms with E-state index in [0.717, 1.165) is 22.4 Å². The summed E-state index contributed by atoms with van der Waals surface area (Å²) in [7, 11) is 3.31. The molecule has 0 saturated carbocycles. The summed E-state index contributed by atoms with van der Waals surface area (Å²) in [5, 5.41) is 4.31. The fraction of sp³-hybridized carbons (Fsp3) is 0.136. The minimum Gasteiger partial charge on any atom is -0.378 e. The Hall–Kier alpha value is -3.28. The molecule has 3 rings (SSSR count). The summed E-state index contributed by atoms with van der Waals surface area (Å²) in [6.45, 7) is 0. The average Bonchev–Trinajstić information content (AvgIpc) is 2.65. The third-order valence-electron chi connectivity index (χ3n) is 4.32. The van der Waals surface area contributed by atoms with Crippen molar-refractivity contribution in [3.63, 3.8) is 0 Å². The van der Waals surface area contributed by atoms with Crippen LogP contribution < -0.4 is 10.2 Å². The number of nitrogens with zero attached hydrogens (tertiary/aromatic N) is 1. The van der Waals surface area contributed by atoms with Crippen LogP contribution in [0.2, 0.25) is 0 Å². The fourth-order valence-corrected chi connectivity index (χ4v) is 2.89. The second kappa shape index (κ2) is 7.76. The van der Waals surface area contributed by atoms with Crippen molar-refractivity contribution in [2.24, 2.45) is 0 Å². The predicted molar refractivity (Wildman–Crippen MR) is 107 cm³/mol. The van der Waals surface area contributed by atoms with Crippen LogP contribution in [0.15, 0.2) is 66.7 Å². The van der Waals surface area contributed by atoms with Gasteiger partial charge in [-0.15, -0.1) is 0 Å². The number of hydrogen-bond donors (Lipinski definition) is 1. The molecule has 0 fully saturated rings. The van der Waals surface area contributed by atoms with Gasteiger partial charge < -0.3 is 10.2 Å². The number of alkyl halides is 3. The molecular formula is C22H19F3N2O. The van der Waals surface area contributed by atoms with Gasteiger partial charge in [0, 0.05) is 25.9 Å². The van der Waals surface area contributed by atoms with Crippen LogP contribution in [0.25, 0.3) is 16.8 Å². The van der Waals surface area contributed by atoms with E-state index in [2.05, 4.69) is 5.32 Å². The van der Waals surface area contributed by atoms with Gasteiger partial charge in [0.25, 0.3) is 0 Å². The van der Waals surface area contributed by atoms with Crippen LogP contribution in [0.5, 0.6) is 0 Å². The van der Waals surface area contributed by atoms with Crippen LogP contribution in [0, 0.1) is 0 Å². The number of carbonyl (C=O) groups is 1. The molecule has 28 heavy (non-hydrogen) atoms. The molecular weight excluding hydrogens is 365 g/mol. The predicted octanol–water partition coefficient (Wildman–Crippen LogP) is 5.58. The van der Waals surface area contributed by atoms with E-state index in [1.807, 2.05) is 42.5 Å². The standard InChI is InChI=1S/C22H19F3N2O/c1-27(2)17-11-12-20(19(14-17)22(23,24)25)26-21(28)13-10-16-8-5-7-15-6-3-4-9-18(15)16/h3-14H,1-2H3,(H,26,28)/b13-10+. The van der Waals surface area contributed by atoms with Crippen molar-refractivity contribution >= 4 is 34.1 Å². The Balaban J connectivity index is 1.86. The molecule has 3 aromatic carbocycles. The molecule has 0 saturated heterocycles. The molecule has 0 aromatic heterocycles. The van der Waals surface area contributed by atoms with Crippen LogP contribution in [-0.2, 0) is 11.0 Å². The number of nitrogens with one attached hydrogen (secondary N) is 1. The highest BCUT2D eigenvalue weighted by Gasteiger charge is 2.34. The third kappa shape index (κ3) is 4.34. The first-order valence-electron chi connectivity index (χ1n) is 8.61. The molecule has 0 atom stereocenters. The van der Waals surface area contributed by atoms with E-state index < -0.39 is 17.6 Å². The smallest absolute Gasteiger partial charge is 0.378 e.